The van der Waals surface area contributed by atoms with Crippen molar-refractivity contribution < 1.29 is 0 Å². The zero-order valence-electron chi connectivity index (χ0n) is 14.5. The molecule has 4 N–H and O–H groups in total. The van der Waals surface area contributed by atoms with E-state index in [0.717, 1.165) is 55.0 Å². The molecule has 0 saturated carbocycles. The van der Waals surface area contributed by atoms with Crippen LogP contribution in [0.3, 0.4) is 0 Å². The summed E-state index contributed by atoms with van der Waals surface area (Å²) in [6.45, 7) is 4.58. The van der Waals surface area contributed by atoms with Gasteiger partial charge in [-0.15, -0.1) is 0 Å². The van der Waals surface area contributed by atoms with E-state index in [4.69, 9.17) is 5.73 Å². The molecule has 0 radical (unpaired) electrons. The lowest BCUT2D eigenvalue weighted by molar-refractivity contribution is 0.360. The molecule has 0 spiro atoms. The Labute approximate surface area is 147 Å². The van der Waals surface area contributed by atoms with Crippen LogP contribution in [0.1, 0.15) is 18.4 Å². The summed E-state index contributed by atoms with van der Waals surface area (Å²) in [6.07, 6.45) is 5.67. The van der Waals surface area contributed by atoms with Crippen molar-refractivity contribution in [3.8, 4) is 0 Å². The van der Waals surface area contributed by atoms with Crippen molar-refractivity contribution >= 4 is 22.5 Å². The van der Waals surface area contributed by atoms with E-state index in [9.17, 15) is 0 Å². The van der Waals surface area contributed by atoms with Crippen molar-refractivity contribution in [3.63, 3.8) is 0 Å². The lowest BCUT2D eigenvalue weighted by atomic mass is 9.89. The number of hydrogen-bond acceptors (Lipinski definition) is 5. The van der Waals surface area contributed by atoms with Gasteiger partial charge in [-0.3, -0.25) is 0 Å². The highest BCUT2D eigenvalue weighted by atomic mass is 15.2. The van der Waals surface area contributed by atoms with Crippen LogP contribution in [0.4, 0.5) is 11.5 Å². The first-order valence-corrected chi connectivity index (χ1v) is 8.76. The number of aromatic nitrogens is 3. The number of nitrogens with two attached hydrogens (primary N) is 1. The number of piperidine rings is 1. The molecule has 1 saturated heterocycles. The van der Waals surface area contributed by atoms with Gasteiger partial charge < -0.3 is 20.9 Å². The predicted octanol–water partition coefficient (Wildman–Crippen LogP) is 2.68. The maximum atomic E-state index is 6.74. The topological polar surface area (TPSA) is 82.9 Å². The van der Waals surface area contributed by atoms with Crippen LogP contribution < -0.4 is 16.0 Å². The number of nitrogens with one attached hydrogen (secondary N) is 2. The Kier molecular flexibility index (Phi) is 4.05. The minimum absolute atomic E-state index is 0.282. The third kappa shape index (κ3) is 3.17. The monoisotopic (exact) mass is 336 g/mol. The van der Waals surface area contributed by atoms with E-state index >= 15 is 0 Å². The van der Waals surface area contributed by atoms with Crippen molar-refractivity contribution in [1.82, 2.24) is 15.0 Å². The zero-order valence-corrected chi connectivity index (χ0v) is 14.5. The number of para-hydroxylation sites is 1. The number of aryl methyl sites for hydroxylation is 1. The van der Waals surface area contributed by atoms with Gasteiger partial charge in [0.25, 0.3) is 0 Å². The van der Waals surface area contributed by atoms with E-state index in [-0.39, 0.29) is 5.54 Å². The molecule has 3 heterocycles. The molecule has 0 aliphatic carbocycles. The number of rotatable bonds is 4. The average molecular weight is 336 g/mol. The average Bonchev–Trinajstić information content (AvgIpc) is 3.02. The van der Waals surface area contributed by atoms with Crippen LogP contribution in [0.5, 0.6) is 0 Å². The highest BCUT2D eigenvalue weighted by molar-refractivity contribution is 5.90. The minimum atomic E-state index is -0.282. The normalized spacial score (nSPS) is 20.8. The largest absolute Gasteiger partial charge is 0.383 e. The highest BCUT2D eigenvalue weighted by Gasteiger charge is 2.33. The fourth-order valence-corrected chi connectivity index (χ4v) is 3.66. The van der Waals surface area contributed by atoms with E-state index in [0.29, 0.717) is 0 Å². The van der Waals surface area contributed by atoms with Crippen LogP contribution in [0.2, 0.25) is 0 Å². The van der Waals surface area contributed by atoms with Gasteiger partial charge in [0.15, 0.2) is 0 Å². The van der Waals surface area contributed by atoms with Gasteiger partial charge in [0.05, 0.1) is 10.9 Å². The minimum Gasteiger partial charge on any atom is -0.383 e. The Morgan fingerprint density at radius 2 is 2.12 bits per heavy atom. The smallest absolute Gasteiger partial charge is 0.143 e. The van der Waals surface area contributed by atoms with E-state index < -0.39 is 0 Å². The van der Waals surface area contributed by atoms with Crippen LogP contribution in [0, 0.1) is 6.92 Å². The Balaban J connectivity index is 1.54. The van der Waals surface area contributed by atoms with Gasteiger partial charge in [0, 0.05) is 31.5 Å². The molecule has 3 aromatic rings. The van der Waals surface area contributed by atoms with Crippen LogP contribution in [0.25, 0.3) is 11.0 Å². The van der Waals surface area contributed by atoms with Gasteiger partial charge in [0.2, 0.25) is 0 Å². The summed E-state index contributed by atoms with van der Waals surface area (Å²) in [4.78, 5) is 14.4. The van der Waals surface area contributed by atoms with Gasteiger partial charge in [-0.1, -0.05) is 18.2 Å². The van der Waals surface area contributed by atoms with E-state index in [1.165, 1.54) is 5.56 Å². The van der Waals surface area contributed by atoms with Gasteiger partial charge in [-0.05, 0) is 37.5 Å². The molecule has 1 atom stereocenters. The fourth-order valence-electron chi connectivity index (χ4n) is 3.66. The molecule has 1 fully saturated rings. The van der Waals surface area contributed by atoms with E-state index in [1.807, 2.05) is 24.4 Å². The second-order valence-electron chi connectivity index (χ2n) is 7.00. The van der Waals surface area contributed by atoms with Crippen LogP contribution >= 0.6 is 0 Å². The van der Waals surface area contributed by atoms with Gasteiger partial charge in [-0.25, -0.2) is 9.97 Å². The van der Waals surface area contributed by atoms with Crippen LogP contribution in [-0.2, 0) is 0 Å². The molecule has 130 valence electrons. The maximum absolute atomic E-state index is 6.74. The third-order valence-corrected chi connectivity index (χ3v) is 4.97. The van der Waals surface area contributed by atoms with Crippen molar-refractivity contribution in [3.05, 3.63) is 48.4 Å². The van der Waals surface area contributed by atoms with Gasteiger partial charge >= 0.3 is 0 Å². The van der Waals surface area contributed by atoms with Crippen LogP contribution in [-0.4, -0.2) is 40.1 Å². The first-order chi connectivity index (χ1) is 12.1. The van der Waals surface area contributed by atoms with E-state index in [1.54, 1.807) is 6.33 Å². The summed E-state index contributed by atoms with van der Waals surface area (Å²) < 4.78 is 0. The quantitative estimate of drug-likeness (QED) is 0.682. The summed E-state index contributed by atoms with van der Waals surface area (Å²) in [5, 5.41) is 4.58. The Morgan fingerprint density at radius 1 is 1.28 bits per heavy atom. The first-order valence-electron chi connectivity index (χ1n) is 8.76. The van der Waals surface area contributed by atoms with Crippen LogP contribution in [0.15, 0.2) is 42.9 Å². The molecule has 4 rings (SSSR count). The molecule has 6 nitrogen and oxygen atoms in total. The second-order valence-corrected chi connectivity index (χ2v) is 7.00. The molecule has 0 amide bonds. The van der Waals surface area contributed by atoms with Crippen molar-refractivity contribution in [1.29, 1.82) is 0 Å². The number of nitrogens with zero attached hydrogens (tertiary/aromatic N) is 3. The SMILES string of the molecule is Cc1c[nH]c2ncnc(N3CCCC(N)(CNc4ccccc4)C3)c12. The standard InChI is InChI=1S/C19H24N6/c1-14-10-21-17-16(14)18(24-13-23-17)25-9-5-8-19(20,12-25)11-22-15-6-3-2-4-7-15/h2-4,6-7,10,13,22H,5,8-9,11-12,20H2,1H3,(H,21,23,24). The number of anilines is 2. The molecular weight excluding hydrogens is 312 g/mol. The van der Waals surface area contributed by atoms with Crippen molar-refractivity contribution in [2.45, 2.75) is 25.3 Å². The molecule has 25 heavy (non-hydrogen) atoms. The number of benzene rings is 1. The number of H-pyrrole nitrogens is 1. The lowest BCUT2D eigenvalue weighted by Gasteiger charge is -2.41. The predicted molar refractivity (Wildman–Crippen MR) is 102 cm³/mol. The molecular formula is C19H24N6. The van der Waals surface area contributed by atoms with E-state index in [2.05, 4.69) is 44.2 Å². The fraction of sp³-hybridized carbons (Fsp3) is 0.368. The Morgan fingerprint density at radius 3 is 2.96 bits per heavy atom. The molecule has 2 aromatic heterocycles. The summed E-state index contributed by atoms with van der Waals surface area (Å²) >= 11 is 0. The third-order valence-electron chi connectivity index (χ3n) is 4.97. The molecule has 6 heteroatoms. The van der Waals surface area contributed by atoms with Gasteiger partial charge in [-0.2, -0.15) is 0 Å². The summed E-state index contributed by atoms with van der Waals surface area (Å²) in [5.74, 6) is 0.984. The zero-order chi connectivity index (χ0) is 17.3. The Bertz CT molecular complexity index is 859. The molecule has 1 unspecified atom stereocenters. The maximum Gasteiger partial charge on any atom is 0.143 e. The summed E-state index contributed by atoms with van der Waals surface area (Å²) in [7, 11) is 0. The molecule has 1 aliphatic heterocycles. The summed E-state index contributed by atoms with van der Waals surface area (Å²) in [6, 6.07) is 10.2. The number of aromatic amines is 1. The number of fused-ring (bicyclic) bond motifs is 1. The van der Waals surface area contributed by atoms with Crippen molar-refractivity contribution in [2.24, 2.45) is 5.73 Å². The summed E-state index contributed by atoms with van der Waals surface area (Å²) in [5.41, 5.74) is 9.62. The van der Waals surface area contributed by atoms with Gasteiger partial charge in [0.1, 0.15) is 17.8 Å². The highest BCUT2D eigenvalue weighted by Crippen LogP contribution is 2.30. The second kappa shape index (κ2) is 6.37. The van der Waals surface area contributed by atoms with Crippen molar-refractivity contribution in [2.75, 3.05) is 29.9 Å². The molecule has 0 bridgehead atoms. The lowest BCUT2D eigenvalue weighted by Crippen LogP contribution is -2.58. The number of hydrogen-bond donors (Lipinski definition) is 3. The Hall–Kier alpha value is -2.60. The first kappa shape index (κ1) is 15.9. The molecule has 1 aliphatic rings. The molecule has 1 aromatic carbocycles.